The molecule has 3 aromatic rings. The summed E-state index contributed by atoms with van der Waals surface area (Å²) in [5.41, 5.74) is 0.533. The van der Waals surface area contributed by atoms with Gasteiger partial charge in [0, 0.05) is 10.5 Å². The van der Waals surface area contributed by atoms with Crippen LogP contribution >= 0.6 is 27.3 Å². The molecule has 1 amide bonds. The van der Waals surface area contributed by atoms with E-state index in [0.717, 1.165) is 4.47 Å². The zero-order valence-corrected chi connectivity index (χ0v) is 11.8. The number of thiophene rings is 1. The number of anilines is 1. The molecule has 19 heavy (non-hydrogen) atoms. The first-order valence-electron chi connectivity index (χ1n) is 5.29. The first-order valence-corrected chi connectivity index (χ1v) is 6.96. The van der Waals surface area contributed by atoms with Crippen LogP contribution in [0.2, 0.25) is 0 Å². The maximum absolute atomic E-state index is 11.9. The summed E-state index contributed by atoms with van der Waals surface area (Å²) in [6.45, 7) is 0. The van der Waals surface area contributed by atoms with Gasteiger partial charge in [0.05, 0.1) is 6.26 Å². The second kappa shape index (κ2) is 5.02. The molecular weight excluding hydrogens is 332 g/mol. The van der Waals surface area contributed by atoms with Crippen molar-refractivity contribution >= 4 is 39.1 Å². The summed E-state index contributed by atoms with van der Waals surface area (Å²) in [5, 5.41) is 8.29. The fourth-order valence-corrected chi connectivity index (χ4v) is 2.95. The van der Waals surface area contributed by atoms with Crippen molar-refractivity contribution in [3.8, 4) is 11.5 Å². The molecule has 0 spiro atoms. The van der Waals surface area contributed by atoms with Crippen molar-refractivity contribution in [3.63, 3.8) is 0 Å². The van der Waals surface area contributed by atoms with Gasteiger partial charge in [0.2, 0.25) is 5.88 Å². The highest BCUT2D eigenvalue weighted by Crippen LogP contribution is 2.25. The van der Waals surface area contributed by atoms with Crippen molar-refractivity contribution in [3.05, 3.63) is 45.3 Å². The summed E-state index contributed by atoms with van der Waals surface area (Å²) in [7, 11) is 0. The molecule has 7 heteroatoms. The Morgan fingerprint density at radius 1 is 1.42 bits per heavy atom. The maximum atomic E-state index is 11.9. The summed E-state index contributed by atoms with van der Waals surface area (Å²) in [6, 6.07) is 6.94. The van der Waals surface area contributed by atoms with Crippen LogP contribution < -0.4 is 5.32 Å². The van der Waals surface area contributed by atoms with E-state index in [0.29, 0.717) is 16.3 Å². The number of hydrogen-bond donors (Lipinski definition) is 1. The van der Waals surface area contributed by atoms with Gasteiger partial charge in [0.15, 0.2) is 11.5 Å². The quantitative estimate of drug-likeness (QED) is 0.783. The molecule has 0 atom stereocenters. The van der Waals surface area contributed by atoms with E-state index in [1.807, 2.05) is 11.4 Å². The second-order valence-corrected chi connectivity index (χ2v) is 5.38. The number of aromatic nitrogens is 1. The number of amides is 1. The van der Waals surface area contributed by atoms with Gasteiger partial charge in [-0.1, -0.05) is 5.16 Å². The fraction of sp³-hybridized carbons (Fsp3) is 0. The van der Waals surface area contributed by atoms with Crippen LogP contribution in [0.25, 0.3) is 11.5 Å². The van der Waals surface area contributed by atoms with Crippen LogP contribution in [-0.4, -0.2) is 11.1 Å². The van der Waals surface area contributed by atoms with Crippen LogP contribution in [0.1, 0.15) is 9.67 Å². The molecule has 3 aromatic heterocycles. The fourth-order valence-electron chi connectivity index (χ4n) is 1.50. The zero-order chi connectivity index (χ0) is 13.2. The molecule has 0 fully saturated rings. The molecule has 5 nitrogen and oxygen atoms in total. The normalized spacial score (nSPS) is 10.6. The standard InChI is InChI=1S/C12H7BrN2O3S/c13-7-3-5-19-11(7)12(16)14-10-6-8(15-18-10)9-2-1-4-17-9/h1-6H,(H,14,16). The Labute approximate surface area is 120 Å². The third kappa shape index (κ3) is 2.47. The summed E-state index contributed by atoms with van der Waals surface area (Å²) < 4.78 is 11.0. The molecule has 0 saturated heterocycles. The van der Waals surface area contributed by atoms with E-state index in [2.05, 4.69) is 26.4 Å². The SMILES string of the molecule is O=C(Nc1cc(-c2ccco2)no1)c1sccc1Br. The predicted molar refractivity (Wildman–Crippen MR) is 74.2 cm³/mol. The number of rotatable bonds is 3. The molecule has 0 aliphatic heterocycles. The molecule has 0 saturated carbocycles. The molecule has 0 unspecified atom stereocenters. The molecule has 0 aliphatic rings. The van der Waals surface area contributed by atoms with Gasteiger partial charge in [0.25, 0.3) is 5.91 Å². The van der Waals surface area contributed by atoms with Crippen LogP contribution in [0.3, 0.4) is 0 Å². The average molecular weight is 339 g/mol. The van der Waals surface area contributed by atoms with Gasteiger partial charge in [0.1, 0.15) is 4.88 Å². The van der Waals surface area contributed by atoms with Crippen molar-refractivity contribution in [2.24, 2.45) is 0 Å². The van der Waals surface area contributed by atoms with Crippen molar-refractivity contribution in [2.45, 2.75) is 0 Å². The Hall–Kier alpha value is -1.86. The first-order chi connectivity index (χ1) is 9.24. The van der Waals surface area contributed by atoms with Crippen LogP contribution in [0.4, 0.5) is 5.88 Å². The monoisotopic (exact) mass is 338 g/mol. The molecule has 3 rings (SSSR count). The number of carbonyl (C=O) groups is 1. The van der Waals surface area contributed by atoms with E-state index in [4.69, 9.17) is 8.94 Å². The largest absolute Gasteiger partial charge is 0.463 e. The van der Waals surface area contributed by atoms with Crippen LogP contribution in [0.5, 0.6) is 0 Å². The molecule has 0 radical (unpaired) electrons. The smallest absolute Gasteiger partial charge is 0.269 e. The lowest BCUT2D eigenvalue weighted by Crippen LogP contribution is -2.09. The summed E-state index contributed by atoms with van der Waals surface area (Å²) in [5.74, 6) is 0.613. The number of hydrogen-bond acceptors (Lipinski definition) is 5. The Bertz CT molecular complexity index is 702. The highest BCUT2D eigenvalue weighted by Gasteiger charge is 2.15. The van der Waals surface area contributed by atoms with E-state index in [-0.39, 0.29) is 11.8 Å². The number of furan rings is 1. The minimum atomic E-state index is -0.246. The van der Waals surface area contributed by atoms with Crippen LogP contribution in [-0.2, 0) is 0 Å². The van der Waals surface area contributed by atoms with E-state index in [1.54, 1.807) is 24.5 Å². The number of carbonyl (C=O) groups excluding carboxylic acids is 1. The lowest BCUT2D eigenvalue weighted by Gasteiger charge is -1.97. The van der Waals surface area contributed by atoms with Crippen molar-refractivity contribution < 1.29 is 13.7 Å². The topological polar surface area (TPSA) is 68.3 Å². The van der Waals surface area contributed by atoms with Gasteiger partial charge in [-0.05, 0) is 39.5 Å². The minimum absolute atomic E-state index is 0.246. The molecular formula is C12H7BrN2O3S. The highest BCUT2D eigenvalue weighted by atomic mass is 79.9. The highest BCUT2D eigenvalue weighted by molar-refractivity contribution is 9.10. The molecule has 0 aliphatic carbocycles. The molecule has 96 valence electrons. The van der Waals surface area contributed by atoms with Crippen molar-refractivity contribution in [2.75, 3.05) is 5.32 Å². The molecule has 3 heterocycles. The second-order valence-electron chi connectivity index (χ2n) is 3.61. The number of halogens is 1. The summed E-state index contributed by atoms with van der Waals surface area (Å²) in [6.07, 6.45) is 1.55. The zero-order valence-electron chi connectivity index (χ0n) is 9.42. The first kappa shape index (κ1) is 12.2. The van der Waals surface area contributed by atoms with Gasteiger partial charge in [-0.15, -0.1) is 11.3 Å². The Kier molecular flexibility index (Phi) is 3.22. The van der Waals surface area contributed by atoms with E-state index >= 15 is 0 Å². The van der Waals surface area contributed by atoms with Gasteiger partial charge in [-0.2, -0.15) is 0 Å². The third-order valence-electron chi connectivity index (χ3n) is 2.34. The summed E-state index contributed by atoms with van der Waals surface area (Å²) >= 11 is 4.65. The number of nitrogens with zero attached hydrogens (tertiary/aromatic N) is 1. The Balaban J connectivity index is 1.78. The minimum Gasteiger partial charge on any atom is -0.463 e. The summed E-state index contributed by atoms with van der Waals surface area (Å²) in [4.78, 5) is 12.5. The maximum Gasteiger partial charge on any atom is 0.269 e. The van der Waals surface area contributed by atoms with Crippen LogP contribution in [0.15, 0.2) is 49.3 Å². The van der Waals surface area contributed by atoms with Crippen molar-refractivity contribution in [1.82, 2.24) is 5.16 Å². The van der Waals surface area contributed by atoms with E-state index in [1.165, 1.54) is 11.3 Å². The number of nitrogens with one attached hydrogen (secondary N) is 1. The Morgan fingerprint density at radius 3 is 3.00 bits per heavy atom. The molecule has 1 N–H and O–H groups in total. The third-order valence-corrected chi connectivity index (χ3v) is 4.18. The van der Waals surface area contributed by atoms with Crippen molar-refractivity contribution in [1.29, 1.82) is 0 Å². The van der Waals surface area contributed by atoms with Gasteiger partial charge < -0.3 is 8.94 Å². The van der Waals surface area contributed by atoms with Crippen LogP contribution in [0, 0.1) is 0 Å². The predicted octanol–water partition coefficient (Wildman–Crippen LogP) is 4.01. The Morgan fingerprint density at radius 2 is 2.32 bits per heavy atom. The molecule has 0 bridgehead atoms. The average Bonchev–Trinajstić information content (AvgIpc) is 3.07. The lowest BCUT2D eigenvalue weighted by molar-refractivity contribution is 0.102. The lowest BCUT2D eigenvalue weighted by atomic mass is 10.3. The van der Waals surface area contributed by atoms with Gasteiger partial charge >= 0.3 is 0 Å². The van der Waals surface area contributed by atoms with E-state index in [9.17, 15) is 4.79 Å². The van der Waals surface area contributed by atoms with Gasteiger partial charge in [-0.25, -0.2) is 0 Å². The molecule has 0 aromatic carbocycles. The van der Waals surface area contributed by atoms with Gasteiger partial charge in [-0.3, -0.25) is 10.1 Å². The van der Waals surface area contributed by atoms with E-state index < -0.39 is 0 Å².